The number of ketones is 1. The van der Waals surface area contributed by atoms with E-state index in [-0.39, 0.29) is 17.4 Å². The third-order valence-electron chi connectivity index (χ3n) is 4.42. The molecule has 0 saturated carbocycles. The Morgan fingerprint density at radius 2 is 1.89 bits per heavy atom. The van der Waals surface area contributed by atoms with Crippen molar-refractivity contribution in [3.8, 4) is 0 Å². The standard InChI is InChI=1S/C21H18N4O2S/c1-12-3-8-17-16(9-12)19-20(25-17)21(23-11-22-19)28-10-18(27)24-15-6-4-14(5-7-15)13(2)26/h3-9,11,25H,10H2,1-2H3,(H,24,27). The molecular weight excluding hydrogens is 372 g/mol. The lowest BCUT2D eigenvalue weighted by Crippen LogP contribution is -2.14. The highest BCUT2D eigenvalue weighted by molar-refractivity contribution is 8.00. The van der Waals surface area contributed by atoms with Gasteiger partial charge >= 0.3 is 0 Å². The molecule has 2 N–H and O–H groups in total. The number of aromatic amines is 1. The molecule has 0 aliphatic heterocycles. The first-order valence-electron chi connectivity index (χ1n) is 8.78. The van der Waals surface area contributed by atoms with E-state index in [4.69, 9.17) is 0 Å². The van der Waals surface area contributed by atoms with Gasteiger partial charge in [0.15, 0.2) is 5.78 Å². The summed E-state index contributed by atoms with van der Waals surface area (Å²) in [5, 5.41) is 4.62. The summed E-state index contributed by atoms with van der Waals surface area (Å²) < 4.78 is 0. The van der Waals surface area contributed by atoms with E-state index >= 15 is 0 Å². The fourth-order valence-corrected chi connectivity index (χ4v) is 3.77. The predicted octanol–water partition coefficient (Wildman–Crippen LogP) is 4.35. The highest BCUT2D eigenvalue weighted by Gasteiger charge is 2.13. The number of aryl methyl sites for hydroxylation is 1. The number of thioether (sulfide) groups is 1. The fraction of sp³-hybridized carbons (Fsp3) is 0.143. The van der Waals surface area contributed by atoms with Gasteiger partial charge in [0, 0.05) is 22.2 Å². The van der Waals surface area contributed by atoms with Gasteiger partial charge in [0.2, 0.25) is 5.91 Å². The van der Waals surface area contributed by atoms with Crippen LogP contribution in [0, 0.1) is 6.92 Å². The van der Waals surface area contributed by atoms with Gasteiger partial charge in [0.05, 0.1) is 11.3 Å². The van der Waals surface area contributed by atoms with Gasteiger partial charge in [0.1, 0.15) is 16.9 Å². The van der Waals surface area contributed by atoms with Crippen LogP contribution in [-0.2, 0) is 4.79 Å². The summed E-state index contributed by atoms with van der Waals surface area (Å²) in [6.07, 6.45) is 1.53. The van der Waals surface area contributed by atoms with E-state index in [2.05, 4.69) is 26.3 Å². The van der Waals surface area contributed by atoms with Gasteiger partial charge < -0.3 is 10.3 Å². The van der Waals surface area contributed by atoms with Crippen LogP contribution in [0.4, 0.5) is 5.69 Å². The van der Waals surface area contributed by atoms with Crippen LogP contribution < -0.4 is 5.32 Å². The highest BCUT2D eigenvalue weighted by atomic mass is 32.2. The molecule has 1 amide bonds. The molecule has 2 heterocycles. The minimum Gasteiger partial charge on any atom is -0.351 e. The lowest BCUT2D eigenvalue weighted by atomic mass is 10.1. The second-order valence-corrected chi connectivity index (χ2v) is 7.51. The summed E-state index contributed by atoms with van der Waals surface area (Å²) in [6, 6.07) is 13.0. The van der Waals surface area contributed by atoms with Crippen molar-refractivity contribution in [2.75, 3.05) is 11.1 Å². The maximum atomic E-state index is 12.3. The Morgan fingerprint density at radius 3 is 2.64 bits per heavy atom. The van der Waals surface area contributed by atoms with Crippen LogP contribution in [0.2, 0.25) is 0 Å². The maximum Gasteiger partial charge on any atom is 0.234 e. The quantitative estimate of drug-likeness (QED) is 0.300. The van der Waals surface area contributed by atoms with Crippen molar-refractivity contribution in [1.29, 1.82) is 0 Å². The molecule has 6 nitrogen and oxygen atoms in total. The zero-order chi connectivity index (χ0) is 19.7. The predicted molar refractivity (Wildman–Crippen MR) is 112 cm³/mol. The second-order valence-electron chi connectivity index (χ2n) is 6.55. The Hall–Kier alpha value is -3.19. The zero-order valence-corrected chi connectivity index (χ0v) is 16.3. The Balaban J connectivity index is 1.50. The Morgan fingerprint density at radius 1 is 1.11 bits per heavy atom. The molecular formula is C21H18N4O2S. The lowest BCUT2D eigenvalue weighted by Gasteiger charge is -2.06. The molecule has 28 heavy (non-hydrogen) atoms. The van der Waals surface area contributed by atoms with Crippen molar-refractivity contribution in [1.82, 2.24) is 15.0 Å². The van der Waals surface area contributed by atoms with Crippen LogP contribution in [0.5, 0.6) is 0 Å². The van der Waals surface area contributed by atoms with Crippen LogP contribution >= 0.6 is 11.8 Å². The number of carbonyl (C=O) groups is 2. The Labute approximate surface area is 165 Å². The van der Waals surface area contributed by atoms with Crippen LogP contribution in [0.15, 0.2) is 53.8 Å². The van der Waals surface area contributed by atoms with Gasteiger partial charge in [-0.15, -0.1) is 0 Å². The van der Waals surface area contributed by atoms with E-state index < -0.39 is 0 Å². The number of carbonyl (C=O) groups excluding carboxylic acids is 2. The van der Waals surface area contributed by atoms with Gasteiger partial charge in [-0.2, -0.15) is 0 Å². The molecule has 0 spiro atoms. The Bertz CT molecular complexity index is 1200. The monoisotopic (exact) mass is 390 g/mol. The number of anilines is 1. The smallest absolute Gasteiger partial charge is 0.234 e. The number of nitrogens with zero attached hydrogens (tertiary/aromatic N) is 2. The minimum absolute atomic E-state index is 0.00487. The highest BCUT2D eigenvalue weighted by Crippen LogP contribution is 2.30. The summed E-state index contributed by atoms with van der Waals surface area (Å²) in [7, 11) is 0. The second kappa shape index (κ2) is 7.44. The molecule has 140 valence electrons. The van der Waals surface area contributed by atoms with E-state index in [0.717, 1.165) is 32.5 Å². The minimum atomic E-state index is -0.140. The topological polar surface area (TPSA) is 87.7 Å². The largest absolute Gasteiger partial charge is 0.351 e. The van der Waals surface area contributed by atoms with E-state index in [9.17, 15) is 9.59 Å². The van der Waals surface area contributed by atoms with Crippen molar-refractivity contribution in [3.05, 3.63) is 59.9 Å². The number of Topliss-reactive ketones (excluding diaryl/α,β-unsaturated/α-hetero) is 1. The molecule has 4 rings (SSSR count). The fourth-order valence-electron chi connectivity index (χ4n) is 3.01. The molecule has 0 fully saturated rings. The molecule has 0 saturated heterocycles. The van der Waals surface area contributed by atoms with Crippen molar-refractivity contribution in [3.63, 3.8) is 0 Å². The molecule has 0 radical (unpaired) electrons. The Kier molecular flexibility index (Phi) is 4.83. The normalized spacial score (nSPS) is 11.1. The number of hydrogen-bond acceptors (Lipinski definition) is 5. The number of fused-ring (bicyclic) bond motifs is 3. The van der Waals surface area contributed by atoms with Crippen LogP contribution in [-0.4, -0.2) is 32.4 Å². The molecule has 0 unspecified atom stereocenters. The first-order valence-corrected chi connectivity index (χ1v) is 9.76. The van der Waals surface area contributed by atoms with Crippen LogP contribution in [0.1, 0.15) is 22.8 Å². The van der Waals surface area contributed by atoms with Crippen molar-refractivity contribution < 1.29 is 9.59 Å². The number of amides is 1. The molecule has 0 bridgehead atoms. The SMILES string of the molecule is CC(=O)c1ccc(NC(=O)CSc2ncnc3c2[nH]c2ccc(C)cc23)cc1. The van der Waals surface area contributed by atoms with Gasteiger partial charge in [0.25, 0.3) is 0 Å². The van der Waals surface area contributed by atoms with Gasteiger partial charge in [-0.3, -0.25) is 9.59 Å². The van der Waals surface area contributed by atoms with Gasteiger partial charge in [-0.1, -0.05) is 23.4 Å². The molecule has 0 aliphatic carbocycles. The summed E-state index contributed by atoms with van der Waals surface area (Å²) in [5.41, 5.74) is 5.13. The first kappa shape index (κ1) is 18.2. The van der Waals surface area contributed by atoms with Crippen molar-refractivity contribution in [2.45, 2.75) is 18.9 Å². The van der Waals surface area contributed by atoms with E-state index in [1.807, 2.05) is 19.1 Å². The van der Waals surface area contributed by atoms with E-state index in [1.54, 1.807) is 24.3 Å². The molecule has 0 aliphatic rings. The van der Waals surface area contributed by atoms with E-state index in [1.165, 1.54) is 25.0 Å². The summed E-state index contributed by atoms with van der Waals surface area (Å²) >= 11 is 1.36. The number of H-pyrrole nitrogens is 1. The van der Waals surface area contributed by atoms with Crippen molar-refractivity contribution in [2.24, 2.45) is 0 Å². The number of hydrogen-bond donors (Lipinski definition) is 2. The maximum absolute atomic E-state index is 12.3. The summed E-state index contributed by atoms with van der Waals surface area (Å²) in [5.74, 6) is 0.0728. The lowest BCUT2D eigenvalue weighted by molar-refractivity contribution is -0.113. The molecule has 2 aromatic heterocycles. The number of nitrogens with one attached hydrogen (secondary N) is 2. The molecule has 0 atom stereocenters. The van der Waals surface area contributed by atoms with Crippen LogP contribution in [0.25, 0.3) is 21.9 Å². The number of aromatic nitrogens is 3. The molecule has 7 heteroatoms. The first-order chi connectivity index (χ1) is 13.5. The van der Waals surface area contributed by atoms with Gasteiger partial charge in [-0.05, 0) is 50.2 Å². The zero-order valence-electron chi connectivity index (χ0n) is 15.4. The number of rotatable bonds is 5. The molecule has 4 aromatic rings. The average molecular weight is 390 g/mol. The third-order valence-corrected chi connectivity index (χ3v) is 5.41. The van der Waals surface area contributed by atoms with Gasteiger partial charge in [-0.25, -0.2) is 9.97 Å². The summed E-state index contributed by atoms with van der Waals surface area (Å²) in [6.45, 7) is 3.56. The number of benzene rings is 2. The third kappa shape index (κ3) is 3.61. The van der Waals surface area contributed by atoms with E-state index in [0.29, 0.717) is 11.3 Å². The average Bonchev–Trinajstić information content (AvgIpc) is 3.05. The van der Waals surface area contributed by atoms with Crippen molar-refractivity contribution >= 4 is 51.1 Å². The molecule has 2 aromatic carbocycles. The summed E-state index contributed by atoms with van der Waals surface area (Å²) in [4.78, 5) is 35.7. The van der Waals surface area contributed by atoms with Crippen LogP contribution in [0.3, 0.4) is 0 Å².